The van der Waals surface area contributed by atoms with Gasteiger partial charge >= 0.3 is 0 Å². The van der Waals surface area contributed by atoms with Gasteiger partial charge in [-0.05, 0) is 122 Å². The summed E-state index contributed by atoms with van der Waals surface area (Å²) in [7, 11) is 0. The first kappa shape index (κ1) is 23.5. The quantitative estimate of drug-likeness (QED) is 0.356. The zero-order valence-electron chi connectivity index (χ0n) is 19.1. The van der Waals surface area contributed by atoms with Crippen LogP contribution in [0.3, 0.4) is 0 Å². The Morgan fingerprint density at radius 1 is 1.18 bits per heavy atom. The highest BCUT2D eigenvalue weighted by Gasteiger charge is 2.33. The van der Waals surface area contributed by atoms with Crippen molar-refractivity contribution < 1.29 is 9.84 Å². The molecule has 0 aliphatic carbocycles. The second kappa shape index (κ2) is 8.92. The van der Waals surface area contributed by atoms with Gasteiger partial charge in [-0.2, -0.15) is 0 Å². The summed E-state index contributed by atoms with van der Waals surface area (Å²) in [6, 6.07) is 0. The van der Waals surface area contributed by atoms with Gasteiger partial charge in [0.1, 0.15) is 11.4 Å². The first-order valence-corrected chi connectivity index (χ1v) is 11.5. The number of benzene rings is 1. The molecule has 1 aliphatic rings. The summed E-state index contributed by atoms with van der Waals surface area (Å²) in [5.41, 5.74) is 8.16. The molecule has 0 saturated heterocycles. The molecule has 1 aromatic carbocycles. The highest BCUT2D eigenvalue weighted by atomic mass is 79.9. The van der Waals surface area contributed by atoms with Crippen LogP contribution in [0, 0.1) is 27.7 Å². The van der Waals surface area contributed by atoms with Crippen LogP contribution in [0.2, 0.25) is 0 Å². The van der Waals surface area contributed by atoms with Gasteiger partial charge in [-0.25, -0.2) is 0 Å². The predicted octanol–water partition coefficient (Wildman–Crippen LogP) is 7.05. The molecule has 1 unspecified atom stereocenters. The second-order valence-corrected chi connectivity index (χ2v) is 11.6. The lowest BCUT2D eigenvalue weighted by Crippen LogP contribution is -2.37. The summed E-state index contributed by atoms with van der Waals surface area (Å²) >= 11 is 3.55. The van der Waals surface area contributed by atoms with E-state index in [-0.39, 0.29) is 16.0 Å². The molecule has 0 saturated carbocycles. The van der Waals surface area contributed by atoms with E-state index in [1.165, 1.54) is 33.4 Å². The first-order valence-electron chi connectivity index (χ1n) is 10.7. The fourth-order valence-corrected chi connectivity index (χ4v) is 4.32. The number of hydrogen-bond acceptors (Lipinski definition) is 2. The molecule has 1 heterocycles. The number of aliphatic hydroxyl groups excluding tert-OH is 1. The number of halogens is 1. The van der Waals surface area contributed by atoms with Gasteiger partial charge in [-0.3, -0.25) is 0 Å². The van der Waals surface area contributed by atoms with Crippen LogP contribution < -0.4 is 4.74 Å². The number of ether oxygens (including phenoxy) is 1. The van der Waals surface area contributed by atoms with Gasteiger partial charge in [0.15, 0.2) is 0 Å². The zero-order chi connectivity index (χ0) is 21.3. The van der Waals surface area contributed by atoms with E-state index in [1.54, 1.807) is 0 Å². The van der Waals surface area contributed by atoms with E-state index in [0.29, 0.717) is 0 Å². The van der Waals surface area contributed by atoms with Crippen molar-refractivity contribution in [1.82, 2.24) is 0 Å². The first-order chi connectivity index (χ1) is 12.9. The molecule has 2 nitrogen and oxygen atoms in total. The molecule has 1 N–H and O–H groups in total. The normalized spacial score (nSPS) is 21.3. The molecule has 0 aromatic heterocycles. The monoisotopic (exact) mass is 450 g/mol. The van der Waals surface area contributed by atoms with Gasteiger partial charge in [0.2, 0.25) is 0 Å². The molecule has 0 fully saturated rings. The summed E-state index contributed by atoms with van der Waals surface area (Å²) in [6.07, 6.45) is 7.96. The molecule has 158 valence electrons. The lowest BCUT2D eigenvalue weighted by Gasteiger charge is -2.38. The molecule has 0 amide bonds. The Kier molecular flexibility index (Phi) is 7.48. The Labute approximate surface area is 180 Å². The third-order valence-electron chi connectivity index (χ3n) is 6.78. The van der Waals surface area contributed by atoms with E-state index in [0.717, 1.165) is 44.3 Å². The third kappa shape index (κ3) is 5.42. The van der Waals surface area contributed by atoms with Crippen molar-refractivity contribution in [2.24, 2.45) is 0 Å². The zero-order valence-corrected chi connectivity index (χ0v) is 20.7. The van der Waals surface area contributed by atoms with Crippen LogP contribution in [0.4, 0.5) is 0 Å². The van der Waals surface area contributed by atoms with Crippen LogP contribution in [0.1, 0.15) is 87.6 Å². The fraction of sp³-hybridized carbons (Fsp3) is 0.680. The molecule has 0 radical (unpaired) electrons. The average molecular weight is 451 g/mol. The minimum absolute atomic E-state index is 0.0972. The Bertz CT molecular complexity index is 742. The van der Waals surface area contributed by atoms with Crippen LogP contribution in [-0.2, 0) is 6.42 Å². The van der Waals surface area contributed by atoms with Crippen molar-refractivity contribution in [3.05, 3.63) is 39.5 Å². The highest BCUT2D eigenvalue weighted by molar-refractivity contribution is 9.10. The van der Waals surface area contributed by atoms with E-state index in [1.807, 2.05) is 13.8 Å². The number of hydrogen-bond donors (Lipinski definition) is 1. The smallest absolute Gasteiger partial charge is 0.126 e. The number of rotatable bonds is 7. The Morgan fingerprint density at radius 3 is 2.39 bits per heavy atom. The van der Waals surface area contributed by atoms with Crippen molar-refractivity contribution in [2.75, 3.05) is 0 Å². The van der Waals surface area contributed by atoms with Crippen molar-refractivity contribution in [3.8, 4) is 5.75 Å². The molecule has 0 bridgehead atoms. The van der Waals surface area contributed by atoms with Crippen molar-refractivity contribution in [3.63, 3.8) is 0 Å². The van der Waals surface area contributed by atoms with Gasteiger partial charge < -0.3 is 9.84 Å². The molecular formula is C25H39BrO2. The van der Waals surface area contributed by atoms with Gasteiger partial charge in [0.05, 0.1) is 6.10 Å². The number of fused-ring (bicyclic) bond motifs is 1. The maximum Gasteiger partial charge on any atom is 0.126 e. The average Bonchev–Trinajstić information content (AvgIpc) is 2.61. The lowest BCUT2D eigenvalue weighted by atomic mass is 9.83. The van der Waals surface area contributed by atoms with Crippen molar-refractivity contribution in [1.29, 1.82) is 0 Å². The lowest BCUT2D eigenvalue weighted by molar-refractivity contribution is 0.0559. The molecule has 1 aromatic rings. The van der Waals surface area contributed by atoms with E-state index >= 15 is 0 Å². The molecule has 0 spiro atoms. The topological polar surface area (TPSA) is 29.5 Å². The molecule has 3 heteroatoms. The second-order valence-electron chi connectivity index (χ2n) is 9.57. The number of allylic oxidation sites excluding steroid dienone is 2. The van der Waals surface area contributed by atoms with E-state index < -0.39 is 0 Å². The van der Waals surface area contributed by atoms with E-state index in [4.69, 9.17) is 4.74 Å². The Hall–Kier alpha value is -0.800. The van der Waals surface area contributed by atoms with E-state index in [2.05, 4.69) is 63.5 Å². The van der Waals surface area contributed by atoms with Crippen molar-refractivity contribution in [2.45, 2.75) is 110 Å². The summed E-state index contributed by atoms with van der Waals surface area (Å²) in [6.45, 7) is 17.3. The van der Waals surface area contributed by atoms with Gasteiger partial charge in [-0.15, -0.1) is 0 Å². The fourth-order valence-electron chi connectivity index (χ4n) is 4.09. The van der Waals surface area contributed by atoms with Gasteiger partial charge in [0, 0.05) is 4.32 Å². The van der Waals surface area contributed by atoms with Crippen LogP contribution in [0.25, 0.3) is 0 Å². The standard InChI is InChI=1S/C25H39BrO2/c1-16(11-12-22(27)24(6,7)26)10-9-14-25(8)15-13-21-19(4)17(2)18(3)20(5)23(21)28-25/h10,22,27H,9,11-15H2,1-8H3/b16-10+/t22?,25-/m1/s1. The molecular weight excluding hydrogens is 412 g/mol. The highest BCUT2D eigenvalue weighted by Crippen LogP contribution is 2.42. The largest absolute Gasteiger partial charge is 0.487 e. The minimum atomic E-state index is -0.329. The Balaban J connectivity index is 1.99. The third-order valence-corrected chi connectivity index (χ3v) is 7.31. The van der Waals surface area contributed by atoms with Crippen LogP contribution in [-0.4, -0.2) is 21.1 Å². The van der Waals surface area contributed by atoms with Gasteiger partial charge in [0.25, 0.3) is 0 Å². The number of alkyl halides is 1. The maximum atomic E-state index is 10.2. The van der Waals surface area contributed by atoms with Crippen LogP contribution in [0.15, 0.2) is 11.6 Å². The summed E-state index contributed by atoms with van der Waals surface area (Å²) in [5, 5.41) is 10.2. The summed E-state index contributed by atoms with van der Waals surface area (Å²) in [5.74, 6) is 1.14. The predicted molar refractivity (Wildman–Crippen MR) is 124 cm³/mol. The Morgan fingerprint density at radius 2 is 1.79 bits per heavy atom. The maximum absolute atomic E-state index is 10.2. The molecule has 1 aliphatic heterocycles. The van der Waals surface area contributed by atoms with Crippen molar-refractivity contribution >= 4 is 15.9 Å². The molecule has 28 heavy (non-hydrogen) atoms. The molecule has 2 rings (SSSR count). The van der Waals surface area contributed by atoms with Crippen LogP contribution in [0.5, 0.6) is 5.75 Å². The SMILES string of the molecule is C/C(=C\CC[C@]1(C)CCc2c(C)c(C)c(C)c(C)c2O1)CCC(O)C(C)(C)Br. The molecule has 2 atom stereocenters. The summed E-state index contributed by atoms with van der Waals surface area (Å²) < 4.78 is 6.39. The number of aliphatic hydroxyl groups is 1. The summed E-state index contributed by atoms with van der Waals surface area (Å²) in [4.78, 5) is 0. The van der Waals surface area contributed by atoms with E-state index in [9.17, 15) is 5.11 Å². The minimum Gasteiger partial charge on any atom is -0.487 e. The van der Waals surface area contributed by atoms with Crippen LogP contribution >= 0.6 is 15.9 Å². The van der Waals surface area contributed by atoms with Gasteiger partial charge in [-0.1, -0.05) is 27.6 Å².